The third-order valence-electron chi connectivity index (χ3n) is 3.50. The Morgan fingerprint density at radius 2 is 1.71 bits per heavy atom. The van der Waals surface area contributed by atoms with Crippen molar-refractivity contribution in [3.63, 3.8) is 0 Å². The SMILES string of the molecule is CC(C)c1ccccc1Nc1nncc(Nc2ccc(Br)cc2)n1. The molecule has 3 aromatic rings. The molecule has 5 nitrogen and oxygen atoms in total. The molecule has 0 aliphatic heterocycles. The first-order valence-corrected chi connectivity index (χ1v) is 8.49. The average Bonchev–Trinajstić information content (AvgIpc) is 2.58. The van der Waals surface area contributed by atoms with Gasteiger partial charge in [-0.2, -0.15) is 10.1 Å². The van der Waals surface area contributed by atoms with Gasteiger partial charge in [-0.1, -0.05) is 48.0 Å². The number of hydrogen-bond acceptors (Lipinski definition) is 5. The van der Waals surface area contributed by atoms with Crippen LogP contribution in [0.3, 0.4) is 0 Å². The highest BCUT2D eigenvalue weighted by Crippen LogP contribution is 2.26. The topological polar surface area (TPSA) is 62.7 Å². The van der Waals surface area contributed by atoms with Gasteiger partial charge < -0.3 is 10.6 Å². The largest absolute Gasteiger partial charge is 0.339 e. The monoisotopic (exact) mass is 383 g/mol. The van der Waals surface area contributed by atoms with Crippen LogP contribution in [0.2, 0.25) is 0 Å². The van der Waals surface area contributed by atoms with Crippen molar-refractivity contribution in [3.05, 3.63) is 64.8 Å². The Morgan fingerprint density at radius 3 is 2.46 bits per heavy atom. The quantitative estimate of drug-likeness (QED) is 0.630. The number of benzene rings is 2. The van der Waals surface area contributed by atoms with Crippen molar-refractivity contribution < 1.29 is 0 Å². The molecule has 0 saturated heterocycles. The number of aromatic nitrogens is 3. The van der Waals surface area contributed by atoms with Crippen LogP contribution in [-0.2, 0) is 0 Å². The van der Waals surface area contributed by atoms with Crippen molar-refractivity contribution >= 4 is 39.1 Å². The molecule has 0 aliphatic carbocycles. The lowest BCUT2D eigenvalue weighted by atomic mass is 10.0. The lowest BCUT2D eigenvalue weighted by molar-refractivity contribution is 0.867. The zero-order valence-electron chi connectivity index (χ0n) is 13.5. The number of rotatable bonds is 5. The minimum atomic E-state index is 0.408. The summed E-state index contributed by atoms with van der Waals surface area (Å²) in [7, 11) is 0. The van der Waals surface area contributed by atoms with Gasteiger partial charge in [-0.25, -0.2) is 0 Å². The number of halogens is 1. The Bertz CT molecular complexity index is 818. The number of nitrogens with one attached hydrogen (secondary N) is 2. The van der Waals surface area contributed by atoms with E-state index in [1.54, 1.807) is 6.20 Å². The predicted molar refractivity (Wildman–Crippen MR) is 101 cm³/mol. The molecule has 0 bridgehead atoms. The molecule has 0 radical (unpaired) electrons. The van der Waals surface area contributed by atoms with Gasteiger partial charge >= 0.3 is 0 Å². The second kappa shape index (κ2) is 7.40. The fraction of sp³-hybridized carbons (Fsp3) is 0.167. The molecule has 0 saturated carbocycles. The lowest BCUT2D eigenvalue weighted by Crippen LogP contribution is -2.04. The molecule has 0 spiro atoms. The first-order chi connectivity index (χ1) is 11.6. The van der Waals surface area contributed by atoms with Crippen molar-refractivity contribution in [2.75, 3.05) is 10.6 Å². The van der Waals surface area contributed by atoms with Crippen LogP contribution in [0.25, 0.3) is 0 Å². The highest BCUT2D eigenvalue weighted by Gasteiger charge is 2.08. The average molecular weight is 384 g/mol. The fourth-order valence-corrected chi connectivity index (χ4v) is 2.60. The second-order valence-electron chi connectivity index (χ2n) is 5.66. The van der Waals surface area contributed by atoms with Crippen LogP contribution in [0.15, 0.2) is 59.2 Å². The molecule has 1 heterocycles. The van der Waals surface area contributed by atoms with Crippen LogP contribution in [0, 0.1) is 0 Å². The predicted octanol–water partition coefficient (Wildman–Crippen LogP) is 5.24. The number of para-hydroxylation sites is 1. The smallest absolute Gasteiger partial charge is 0.249 e. The summed E-state index contributed by atoms with van der Waals surface area (Å²) in [4.78, 5) is 4.48. The molecule has 2 N–H and O–H groups in total. The van der Waals surface area contributed by atoms with Gasteiger partial charge in [0, 0.05) is 15.8 Å². The molecule has 122 valence electrons. The van der Waals surface area contributed by atoms with Crippen molar-refractivity contribution in [1.82, 2.24) is 15.2 Å². The first kappa shape index (κ1) is 16.4. The van der Waals surface area contributed by atoms with Gasteiger partial charge in [0.2, 0.25) is 5.95 Å². The molecule has 6 heteroatoms. The molecular weight excluding hydrogens is 366 g/mol. The summed E-state index contributed by atoms with van der Waals surface area (Å²) in [5, 5.41) is 14.6. The molecule has 0 amide bonds. The highest BCUT2D eigenvalue weighted by atomic mass is 79.9. The summed E-state index contributed by atoms with van der Waals surface area (Å²) in [6.45, 7) is 4.32. The maximum atomic E-state index is 4.48. The van der Waals surface area contributed by atoms with E-state index in [1.165, 1.54) is 5.56 Å². The Balaban J connectivity index is 1.80. The van der Waals surface area contributed by atoms with Gasteiger partial charge in [0.25, 0.3) is 0 Å². The number of anilines is 4. The maximum Gasteiger partial charge on any atom is 0.249 e. The van der Waals surface area contributed by atoms with E-state index in [-0.39, 0.29) is 0 Å². The molecule has 3 rings (SSSR count). The number of hydrogen-bond donors (Lipinski definition) is 2. The summed E-state index contributed by atoms with van der Waals surface area (Å²) in [5.41, 5.74) is 3.15. The van der Waals surface area contributed by atoms with Crippen LogP contribution in [0.4, 0.5) is 23.1 Å². The second-order valence-corrected chi connectivity index (χ2v) is 6.58. The normalized spacial score (nSPS) is 10.7. The van der Waals surface area contributed by atoms with E-state index in [0.29, 0.717) is 17.7 Å². The van der Waals surface area contributed by atoms with Crippen molar-refractivity contribution in [3.8, 4) is 0 Å². The molecule has 0 aliphatic rings. The zero-order valence-corrected chi connectivity index (χ0v) is 15.1. The summed E-state index contributed by atoms with van der Waals surface area (Å²) < 4.78 is 1.03. The third-order valence-corrected chi connectivity index (χ3v) is 4.03. The molecule has 1 aromatic heterocycles. The summed E-state index contributed by atoms with van der Waals surface area (Å²) in [6, 6.07) is 16.0. The van der Waals surface area contributed by atoms with Crippen molar-refractivity contribution in [2.24, 2.45) is 0 Å². The van der Waals surface area contributed by atoms with Crippen molar-refractivity contribution in [2.45, 2.75) is 19.8 Å². The van der Waals surface area contributed by atoms with Gasteiger partial charge in [-0.3, -0.25) is 0 Å². The molecule has 0 atom stereocenters. The van der Waals surface area contributed by atoms with Crippen LogP contribution in [-0.4, -0.2) is 15.2 Å². The first-order valence-electron chi connectivity index (χ1n) is 7.70. The van der Waals surface area contributed by atoms with Crippen LogP contribution < -0.4 is 10.6 Å². The zero-order chi connectivity index (χ0) is 16.9. The van der Waals surface area contributed by atoms with E-state index in [9.17, 15) is 0 Å². The van der Waals surface area contributed by atoms with E-state index in [4.69, 9.17) is 0 Å². The maximum absolute atomic E-state index is 4.48. The van der Waals surface area contributed by atoms with Gasteiger partial charge in [0.15, 0.2) is 5.82 Å². The summed E-state index contributed by atoms with van der Waals surface area (Å²) in [5.74, 6) is 1.51. The van der Waals surface area contributed by atoms with Gasteiger partial charge in [-0.05, 0) is 41.8 Å². The highest BCUT2D eigenvalue weighted by molar-refractivity contribution is 9.10. The fourth-order valence-electron chi connectivity index (χ4n) is 2.33. The summed E-state index contributed by atoms with van der Waals surface area (Å²) >= 11 is 3.42. The van der Waals surface area contributed by atoms with E-state index < -0.39 is 0 Å². The van der Waals surface area contributed by atoms with Gasteiger partial charge in [0.05, 0.1) is 6.20 Å². The Kier molecular flexibility index (Phi) is 5.05. The molecule has 2 aromatic carbocycles. The number of nitrogens with zero attached hydrogens (tertiary/aromatic N) is 3. The molecular formula is C18H18BrN5. The third kappa shape index (κ3) is 4.08. The van der Waals surface area contributed by atoms with Crippen molar-refractivity contribution in [1.29, 1.82) is 0 Å². The van der Waals surface area contributed by atoms with Gasteiger partial charge in [-0.15, -0.1) is 5.10 Å². The minimum absolute atomic E-state index is 0.408. The van der Waals surface area contributed by atoms with E-state index in [0.717, 1.165) is 15.8 Å². The molecule has 0 fully saturated rings. The Labute approximate surface area is 149 Å². The van der Waals surface area contributed by atoms with E-state index in [2.05, 4.69) is 61.7 Å². The van der Waals surface area contributed by atoms with Crippen LogP contribution in [0.5, 0.6) is 0 Å². The van der Waals surface area contributed by atoms with Crippen LogP contribution >= 0.6 is 15.9 Å². The standard InChI is InChI=1S/C18H18BrN5/c1-12(2)15-5-3-4-6-16(15)22-18-23-17(11-20-24-18)21-14-9-7-13(19)8-10-14/h3-12H,1-2H3,(H2,21,22,23,24). The molecule has 24 heavy (non-hydrogen) atoms. The lowest BCUT2D eigenvalue weighted by Gasteiger charge is -2.13. The summed E-state index contributed by atoms with van der Waals surface area (Å²) in [6.07, 6.45) is 1.60. The Hall–Kier alpha value is -2.47. The van der Waals surface area contributed by atoms with Crippen LogP contribution in [0.1, 0.15) is 25.3 Å². The van der Waals surface area contributed by atoms with E-state index >= 15 is 0 Å². The molecule has 0 unspecified atom stereocenters. The van der Waals surface area contributed by atoms with Gasteiger partial charge in [0.1, 0.15) is 0 Å². The minimum Gasteiger partial charge on any atom is -0.339 e. The Morgan fingerprint density at radius 1 is 0.958 bits per heavy atom. The van der Waals surface area contributed by atoms with E-state index in [1.807, 2.05) is 42.5 Å².